The van der Waals surface area contributed by atoms with E-state index in [0.29, 0.717) is 16.8 Å². The van der Waals surface area contributed by atoms with Crippen molar-refractivity contribution in [2.24, 2.45) is 0 Å². The lowest BCUT2D eigenvalue weighted by atomic mass is 10.2. The van der Waals surface area contributed by atoms with Gasteiger partial charge in [-0.15, -0.1) is 0 Å². The number of nitrogens with one attached hydrogen (secondary N) is 1. The van der Waals surface area contributed by atoms with Crippen molar-refractivity contribution in [2.75, 3.05) is 11.1 Å². The van der Waals surface area contributed by atoms with Gasteiger partial charge in [0.2, 0.25) is 5.91 Å². The molecule has 2 aromatic rings. The van der Waals surface area contributed by atoms with Gasteiger partial charge in [-0.3, -0.25) is 4.79 Å². The molecule has 0 radical (unpaired) electrons. The van der Waals surface area contributed by atoms with E-state index in [1.165, 1.54) is 6.07 Å². The molecule has 0 atom stereocenters. The zero-order valence-electron chi connectivity index (χ0n) is 12.0. The molecule has 0 fully saturated rings. The molecule has 0 unspecified atom stereocenters. The highest BCUT2D eigenvalue weighted by Gasteiger charge is 2.18. The summed E-state index contributed by atoms with van der Waals surface area (Å²) in [6.45, 7) is 0. The van der Waals surface area contributed by atoms with Gasteiger partial charge in [-0.25, -0.2) is 8.42 Å². The first-order valence-electron chi connectivity index (χ1n) is 6.63. The predicted octanol–water partition coefficient (Wildman–Crippen LogP) is 2.87. The lowest BCUT2D eigenvalue weighted by Gasteiger charge is -2.07. The third-order valence-corrected chi connectivity index (χ3v) is 4.87. The lowest BCUT2D eigenvalue weighted by Crippen LogP contribution is -2.24. The second-order valence-electron chi connectivity index (χ2n) is 4.90. The van der Waals surface area contributed by atoms with Crippen LogP contribution < -0.4 is 5.32 Å². The number of carbonyl (C=O) groups excluding carboxylic acids is 1. The molecule has 5 nitrogen and oxygen atoms in total. The van der Waals surface area contributed by atoms with Crippen LogP contribution in [0.1, 0.15) is 11.1 Å². The third-order valence-electron chi connectivity index (χ3n) is 2.90. The first-order chi connectivity index (χ1) is 10.9. The Bertz CT molecular complexity index is 873. The van der Waals surface area contributed by atoms with E-state index >= 15 is 0 Å². The summed E-state index contributed by atoms with van der Waals surface area (Å²) < 4.78 is 25.0. The van der Waals surface area contributed by atoms with Crippen LogP contribution in [0.4, 0.5) is 5.69 Å². The van der Waals surface area contributed by atoms with Crippen LogP contribution in [-0.2, 0) is 20.4 Å². The van der Waals surface area contributed by atoms with Crippen molar-refractivity contribution in [3.63, 3.8) is 0 Å². The van der Waals surface area contributed by atoms with Gasteiger partial charge < -0.3 is 5.32 Å². The minimum Gasteiger partial charge on any atom is -0.325 e. The number of nitrogens with zero attached hydrogens (tertiary/aromatic N) is 1. The summed E-state index contributed by atoms with van der Waals surface area (Å²) >= 11 is 3.28. The van der Waals surface area contributed by atoms with Crippen LogP contribution in [-0.4, -0.2) is 20.1 Å². The monoisotopic (exact) mass is 392 g/mol. The maximum atomic E-state index is 12.1. The van der Waals surface area contributed by atoms with Crippen molar-refractivity contribution >= 4 is 37.4 Å². The Kier molecular flexibility index (Phi) is 5.53. The molecule has 0 heterocycles. The molecular weight excluding hydrogens is 380 g/mol. The lowest BCUT2D eigenvalue weighted by molar-refractivity contribution is -0.113. The minimum atomic E-state index is -3.58. The smallest absolute Gasteiger partial charge is 0.239 e. The molecule has 2 aromatic carbocycles. The van der Waals surface area contributed by atoms with Gasteiger partial charge in [-0.05, 0) is 35.9 Å². The van der Waals surface area contributed by atoms with Crippen molar-refractivity contribution in [1.29, 1.82) is 5.26 Å². The van der Waals surface area contributed by atoms with Gasteiger partial charge in [0, 0.05) is 10.2 Å². The Morgan fingerprint density at radius 2 is 1.91 bits per heavy atom. The number of rotatable bonds is 5. The number of benzene rings is 2. The molecule has 0 spiro atoms. The van der Waals surface area contributed by atoms with Crippen molar-refractivity contribution < 1.29 is 13.2 Å². The summed E-state index contributed by atoms with van der Waals surface area (Å²) in [5.41, 5.74) is 1.39. The van der Waals surface area contributed by atoms with Gasteiger partial charge in [0.05, 0.1) is 17.4 Å². The molecule has 1 N–H and O–H groups in total. The summed E-state index contributed by atoms with van der Waals surface area (Å²) in [6.07, 6.45) is 0. The summed E-state index contributed by atoms with van der Waals surface area (Å²) in [6, 6.07) is 15.2. The summed E-state index contributed by atoms with van der Waals surface area (Å²) in [7, 11) is -3.58. The Hall–Kier alpha value is -2.17. The zero-order valence-corrected chi connectivity index (χ0v) is 14.4. The predicted molar refractivity (Wildman–Crippen MR) is 91.4 cm³/mol. The Morgan fingerprint density at radius 3 is 2.61 bits per heavy atom. The van der Waals surface area contributed by atoms with E-state index in [-0.39, 0.29) is 5.75 Å². The van der Waals surface area contributed by atoms with E-state index < -0.39 is 21.5 Å². The van der Waals surface area contributed by atoms with Gasteiger partial charge in [0.25, 0.3) is 0 Å². The first-order valence-corrected chi connectivity index (χ1v) is 9.24. The normalized spacial score (nSPS) is 10.8. The van der Waals surface area contributed by atoms with E-state index in [4.69, 9.17) is 5.26 Å². The molecule has 0 aliphatic heterocycles. The van der Waals surface area contributed by atoms with E-state index in [1.807, 2.05) is 6.07 Å². The number of amides is 1. The number of anilines is 1. The number of halogens is 1. The van der Waals surface area contributed by atoms with Crippen molar-refractivity contribution in [3.8, 4) is 6.07 Å². The van der Waals surface area contributed by atoms with Crippen LogP contribution in [0, 0.1) is 11.3 Å². The first kappa shape index (κ1) is 17.2. The van der Waals surface area contributed by atoms with Crippen LogP contribution in [0.3, 0.4) is 0 Å². The van der Waals surface area contributed by atoms with Crippen LogP contribution in [0.5, 0.6) is 0 Å². The standard InChI is InChI=1S/C16H13BrN2O3S/c17-14-5-1-4-13(7-14)10-23(21,22)11-16(20)19-15-6-2-3-12(8-15)9-18/h1-8H,10-11H2,(H,19,20). The zero-order chi connectivity index (χ0) is 16.9. The maximum Gasteiger partial charge on any atom is 0.239 e. The van der Waals surface area contributed by atoms with E-state index in [9.17, 15) is 13.2 Å². The maximum absolute atomic E-state index is 12.1. The SMILES string of the molecule is N#Cc1cccc(NC(=O)CS(=O)(=O)Cc2cccc(Br)c2)c1. The fourth-order valence-electron chi connectivity index (χ4n) is 2.00. The molecule has 1 amide bonds. The Morgan fingerprint density at radius 1 is 1.17 bits per heavy atom. The third kappa shape index (κ3) is 5.51. The second kappa shape index (κ2) is 7.40. The Balaban J connectivity index is 2.02. The molecule has 0 aliphatic rings. The molecule has 0 bridgehead atoms. The van der Waals surface area contributed by atoms with Crippen molar-refractivity contribution in [2.45, 2.75) is 5.75 Å². The summed E-state index contributed by atoms with van der Waals surface area (Å²) in [4.78, 5) is 11.9. The number of hydrogen-bond acceptors (Lipinski definition) is 4. The molecule has 2 rings (SSSR count). The topological polar surface area (TPSA) is 87.0 Å². The van der Waals surface area contributed by atoms with Crippen LogP contribution in [0.2, 0.25) is 0 Å². The van der Waals surface area contributed by atoms with Gasteiger partial charge in [-0.2, -0.15) is 5.26 Å². The van der Waals surface area contributed by atoms with Crippen LogP contribution in [0.15, 0.2) is 53.0 Å². The summed E-state index contributed by atoms with van der Waals surface area (Å²) in [5, 5.41) is 11.3. The quantitative estimate of drug-likeness (QED) is 0.846. The molecular formula is C16H13BrN2O3S. The average molecular weight is 393 g/mol. The fourth-order valence-corrected chi connectivity index (χ4v) is 3.70. The highest BCUT2D eigenvalue weighted by molar-refractivity contribution is 9.10. The van der Waals surface area contributed by atoms with Gasteiger partial charge in [0.15, 0.2) is 9.84 Å². The number of carbonyl (C=O) groups is 1. The largest absolute Gasteiger partial charge is 0.325 e. The molecule has 118 valence electrons. The van der Waals surface area contributed by atoms with E-state index in [0.717, 1.165) is 4.47 Å². The molecule has 23 heavy (non-hydrogen) atoms. The van der Waals surface area contributed by atoms with E-state index in [2.05, 4.69) is 21.2 Å². The number of sulfone groups is 1. The molecule has 0 aliphatic carbocycles. The molecule has 0 saturated heterocycles. The fraction of sp³-hybridized carbons (Fsp3) is 0.125. The average Bonchev–Trinajstić information content (AvgIpc) is 2.46. The molecule has 0 aromatic heterocycles. The molecule has 7 heteroatoms. The van der Waals surface area contributed by atoms with Gasteiger partial charge in [0.1, 0.15) is 5.75 Å². The minimum absolute atomic E-state index is 0.210. The second-order valence-corrected chi connectivity index (χ2v) is 7.88. The van der Waals surface area contributed by atoms with Crippen LogP contribution in [0.25, 0.3) is 0 Å². The molecule has 0 saturated carbocycles. The van der Waals surface area contributed by atoms with Crippen molar-refractivity contribution in [3.05, 3.63) is 64.1 Å². The summed E-state index contributed by atoms with van der Waals surface area (Å²) in [5.74, 6) is -1.45. The van der Waals surface area contributed by atoms with Crippen molar-refractivity contribution in [1.82, 2.24) is 0 Å². The Labute approximate surface area is 143 Å². The highest BCUT2D eigenvalue weighted by atomic mass is 79.9. The van der Waals surface area contributed by atoms with E-state index in [1.54, 1.807) is 42.5 Å². The van der Waals surface area contributed by atoms with Gasteiger partial charge >= 0.3 is 0 Å². The van der Waals surface area contributed by atoms with Crippen LogP contribution >= 0.6 is 15.9 Å². The highest BCUT2D eigenvalue weighted by Crippen LogP contribution is 2.15. The number of hydrogen-bond donors (Lipinski definition) is 1. The van der Waals surface area contributed by atoms with Gasteiger partial charge in [-0.1, -0.05) is 34.1 Å². The number of nitriles is 1.